The quantitative estimate of drug-likeness (QED) is 0.712. The van der Waals surface area contributed by atoms with Crippen LogP contribution in [0.15, 0.2) is 41.3 Å². The van der Waals surface area contributed by atoms with Crippen molar-refractivity contribution >= 4 is 34.2 Å². The summed E-state index contributed by atoms with van der Waals surface area (Å²) in [5.74, 6) is -1.83. The third-order valence-corrected chi connectivity index (χ3v) is 5.74. The summed E-state index contributed by atoms with van der Waals surface area (Å²) in [6.07, 6.45) is 3.22. The molecular formula is C21H16ClFN2O3. The van der Waals surface area contributed by atoms with Crippen LogP contribution < -0.4 is 10.3 Å². The van der Waals surface area contributed by atoms with Crippen LogP contribution in [0.5, 0.6) is 0 Å². The Kier molecular flexibility index (Phi) is 3.74. The maximum Gasteiger partial charge on any atom is 0.341 e. The minimum absolute atomic E-state index is 0.104. The van der Waals surface area contributed by atoms with E-state index in [0.717, 1.165) is 24.0 Å². The third kappa shape index (κ3) is 2.67. The fourth-order valence-corrected chi connectivity index (χ4v) is 4.14. The molecule has 1 saturated carbocycles. The number of carboxylic acids is 1. The van der Waals surface area contributed by atoms with E-state index < -0.39 is 17.2 Å². The van der Waals surface area contributed by atoms with Gasteiger partial charge in [0.05, 0.1) is 11.2 Å². The first kappa shape index (κ1) is 17.3. The predicted molar refractivity (Wildman–Crippen MR) is 105 cm³/mol. The molecule has 1 fully saturated rings. The van der Waals surface area contributed by atoms with Crippen molar-refractivity contribution in [2.24, 2.45) is 0 Å². The largest absolute Gasteiger partial charge is 0.477 e. The molecule has 5 rings (SSSR count). The van der Waals surface area contributed by atoms with Crippen LogP contribution >= 0.6 is 11.6 Å². The standard InChI is InChI=1S/C21H16ClFN2O3/c22-13-2-1-11-8-24(9-12(11)5-13)19-7-18-15(6-17(19)23)20(26)16(21(27)28)10-25(18)14-3-4-14/h1-2,5-7,10,14H,3-4,8-9H2,(H,27,28). The molecule has 2 aliphatic rings. The van der Waals surface area contributed by atoms with Gasteiger partial charge in [0.25, 0.3) is 0 Å². The zero-order valence-corrected chi connectivity index (χ0v) is 15.5. The summed E-state index contributed by atoms with van der Waals surface area (Å²) in [6.45, 7) is 1.08. The molecule has 3 aromatic rings. The number of rotatable bonds is 3. The average molecular weight is 399 g/mol. The number of carbonyl (C=O) groups is 1. The van der Waals surface area contributed by atoms with Crippen LogP contribution in [-0.2, 0) is 13.1 Å². The van der Waals surface area contributed by atoms with Crippen molar-refractivity contribution in [1.82, 2.24) is 4.57 Å². The van der Waals surface area contributed by atoms with E-state index in [2.05, 4.69) is 0 Å². The number of nitrogens with zero attached hydrogens (tertiary/aromatic N) is 2. The number of aromatic carboxylic acids is 1. The van der Waals surface area contributed by atoms with Gasteiger partial charge in [-0.05, 0) is 48.2 Å². The van der Waals surface area contributed by atoms with E-state index in [0.29, 0.717) is 29.3 Å². The maximum absolute atomic E-state index is 15.0. The third-order valence-electron chi connectivity index (χ3n) is 5.50. The van der Waals surface area contributed by atoms with Gasteiger partial charge in [-0.25, -0.2) is 9.18 Å². The van der Waals surface area contributed by atoms with E-state index in [9.17, 15) is 19.1 Å². The van der Waals surface area contributed by atoms with Crippen LogP contribution in [0, 0.1) is 5.82 Å². The number of anilines is 1. The van der Waals surface area contributed by atoms with Gasteiger partial charge in [0, 0.05) is 35.7 Å². The molecular weight excluding hydrogens is 383 g/mol. The Morgan fingerprint density at radius 1 is 1.14 bits per heavy atom. The summed E-state index contributed by atoms with van der Waals surface area (Å²) >= 11 is 6.07. The molecule has 28 heavy (non-hydrogen) atoms. The fraction of sp³-hybridized carbons (Fsp3) is 0.238. The zero-order chi connectivity index (χ0) is 19.6. The molecule has 5 nitrogen and oxygen atoms in total. The van der Waals surface area contributed by atoms with Gasteiger partial charge in [-0.1, -0.05) is 17.7 Å². The van der Waals surface area contributed by atoms with Crippen molar-refractivity contribution in [2.75, 3.05) is 4.90 Å². The van der Waals surface area contributed by atoms with Gasteiger partial charge in [0.1, 0.15) is 11.4 Å². The van der Waals surface area contributed by atoms with Crippen LogP contribution in [0.25, 0.3) is 10.9 Å². The Labute approximate surface area is 164 Å². The van der Waals surface area contributed by atoms with Crippen molar-refractivity contribution in [3.63, 3.8) is 0 Å². The fourth-order valence-electron chi connectivity index (χ4n) is 3.94. The number of carboxylic acid groups (broad SMARTS) is 1. The number of fused-ring (bicyclic) bond motifs is 2. The van der Waals surface area contributed by atoms with Gasteiger partial charge < -0.3 is 14.6 Å². The number of halogens is 2. The number of hydrogen-bond donors (Lipinski definition) is 1. The summed E-state index contributed by atoms with van der Waals surface area (Å²) in [5.41, 5.74) is 2.13. The summed E-state index contributed by atoms with van der Waals surface area (Å²) in [4.78, 5) is 25.9. The van der Waals surface area contributed by atoms with Crippen molar-refractivity contribution in [3.8, 4) is 0 Å². The van der Waals surface area contributed by atoms with Crippen LogP contribution in [0.2, 0.25) is 5.02 Å². The topological polar surface area (TPSA) is 62.5 Å². The second-order valence-corrected chi connectivity index (χ2v) is 7.84. The molecule has 0 radical (unpaired) electrons. The smallest absolute Gasteiger partial charge is 0.341 e. The van der Waals surface area contributed by atoms with Crippen molar-refractivity contribution in [1.29, 1.82) is 0 Å². The van der Waals surface area contributed by atoms with E-state index >= 15 is 0 Å². The lowest BCUT2D eigenvalue weighted by atomic mass is 10.1. The lowest BCUT2D eigenvalue weighted by Gasteiger charge is -2.20. The summed E-state index contributed by atoms with van der Waals surface area (Å²) in [7, 11) is 0. The number of hydrogen-bond acceptors (Lipinski definition) is 3. The van der Waals surface area contributed by atoms with Crippen molar-refractivity contribution in [3.05, 3.63) is 74.3 Å². The van der Waals surface area contributed by atoms with Crippen LogP contribution in [0.4, 0.5) is 10.1 Å². The van der Waals surface area contributed by atoms with Crippen molar-refractivity contribution in [2.45, 2.75) is 32.0 Å². The Morgan fingerprint density at radius 2 is 1.89 bits per heavy atom. The highest BCUT2D eigenvalue weighted by molar-refractivity contribution is 6.30. The predicted octanol–water partition coefficient (Wildman–Crippen LogP) is 4.35. The SMILES string of the molecule is O=C(O)c1cn(C2CC2)c2cc(N3Cc4ccc(Cl)cc4C3)c(F)cc2c1=O. The highest BCUT2D eigenvalue weighted by Gasteiger charge is 2.29. The Hall–Kier alpha value is -2.86. The second kappa shape index (κ2) is 6.07. The van der Waals surface area contributed by atoms with E-state index in [1.165, 1.54) is 12.3 Å². The first-order valence-electron chi connectivity index (χ1n) is 9.06. The molecule has 0 bridgehead atoms. The maximum atomic E-state index is 15.0. The molecule has 1 N–H and O–H groups in total. The van der Waals surface area contributed by atoms with E-state index in [1.807, 2.05) is 27.7 Å². The average Bonchev–Trinajstić information content (AvgIpc) is 3.41. The number of aromatic nitrogens is 1. The Bertz CT molecular complexity index is 1220. The molecule has 7 heteroatoms. The van der Waals surface area contributed by atoms with Crippen LogP contribution in [0.3, 0.4) is 0 Å². The number of pyridine rings is 1. The first-order chi connectivity index (χ1) is 13.4. The van der Waals surface area contributed by atoms with Crippen molar-refractivity contribution < 1.29 is 14.3 Å². The molecule has 1 aromatic heterocycles. The van der Waals surface area contributed by atoms with E-state index in [4.69, 9.17) is 11.6 Å². The summed E-state index contributed by atoms with van der Waals surface area (Å²) in [6, 6.07) is 8.64. The molecule has 1 aliphatic carbocycles. The summed E-state index contributed by atoms with van der Waals surface area (Å²) in [5, 5.41) is 10.1. The monoisotopic (exact) mass is 398 g/mol. The molecule has 0 saturated heterocycles. The zero-order valence-electron chi connectivity index (χ0n) is 14.8. The molecule has 142 valence electrons. The lowest BCUT2D eigenvalue weighted by Crippen LogP contribution is -2.21. The van der Waals surface area contributed by atoms with E-state index in [-0.39, 0.29) is 17.0 Å². The molecule has 0 amide bonds. The molecule has 1 aliphatic heterocycles. The van der Waals surface area contributed by atoms with Crippen LogP contribution in [-0.4, -0.2) is 15.6 Å². The Balaban J connectivity index is 1.67. The molecule has 0 unspecified atom stereocenters. The molecule has 2 aromatic carbocycles. The van der Waals surface area contributed by atoms with Gasteiger partial charge in [-0.2, -0.15) is 0 Å². The molecule has 0 spiro atoms. The van der Waals surface area contributed by atoms with Gasteiger partial charge in [0.2, 0.25) is 5.43 Å². The normalized spacial score (nSPS) is 15.9. The lowest BCUT2D eigenvalue weighted by molar-refractivity contribution is 0.0695. The highest BCUT2D eigenvalue weighted by atomic mass is 35.5. The minimum Gasteiger partial charge on any atom is -0.477 e. The first-order valence-corrected chi connectivity index (χ1v) is 9.44. The summed E-state index contributed by atoms with van der Waals surface area (Å²) < 4.78 is 16.8. The minimum atomic E-state index is -1.29. The van der Waals surface area contributed by atoms with Gasteiger partial charge in [0.15, 0.2) is 0 Å². The molecule has 0 atom stereocenters. The van der Waals surface area contributed by atoms with Crippen LogP contribution in [0.1, 0.15) is 40.4 Å². The van der Waals surface area contributed by atoms with Gasteiger partial charge in [-0.3, -0.25) is 4.79 Å². The van der Waals surface area contributed by atoms with Gasteiger partial charge in [-0.15, -0.1) is 0 Å². The number of benzene rings is 2. The van der Waals surface area contributed by atoms with E-state index in [1.54, 1.807) is 6.07 Å². The van der Waals surface area contributed by atoms with Gasteiger partial charge >= 0.3 is 5.97 Å². The highest BCUT2D eigenvalue weighted by Crippen LogP contribution is 2.39. The Morgan fingerprint density at radius 3 is 2.61 bits per heavy atom. The second-order valence-electron chi connectivity index (χ2n) is 7.41. The molecule has 2 heterocycles.